The minimum atomic E-state index is -1.22. The smallest absolute Gasteiger partial charge is 0.338 e. The molecule has 108 valence electrons. The van der Waals surface area contributed by atoms with E-state index in [2.05, 4.69) is 9.88 Å². The molecule has 3 rings (SSSR count). The number of hydrogen-bond donors (Lipinski definition) is 1. The van der Waals surface area contributed by atoms with E-state index in [1.807, 2.05) is 12.1 Å². The van der Waals surface area contributed by atoms with Crippen LogP contribution in [0.5, 0.6) is 0 Å². The molecule has 21 heavy (non-hydrogen) atoms. The third kappa shape index (κ3) is 2.59. The van der Waals surface area contributed by atoms with Crippen molar-refractivity contribution in [1.29, 1.82) is 0 Å². The lowest BCUT2D eigenvalue weighted by molar-refractivity contribution is 0.0691. The third-order valence-electron chi connectivity index (χ3n) is 3.91. The summed E-state index contributed by atoms with van der Waals surface area (Å²) in [7, 11) is 0. The molecule has 5 heteroatoms. The van der Waals surface area contributed by atoms with Crippen LogP contribution in [0.2, 0.25) is 0 Å². The first-order valence-electron chi connectivity index (χ1n) is 6.83. The second-order valence-corrected chi connectivity index (χ2v) is 5.15. The third-order valence-corrected chi connectivity index (χ3v) is 3.91. The lowest BCUT2D eigenvalue weighted by Gasteiger charge is -2.18. The van der Waals surface area contributed by atoms with E-state index >= 15 is 0 Å². The van der Waals surface area contributed by atoms with Crippen LogP contribution in [0.15, 0.2) is 42.7 Å². The van der Waals surface area contributed by atoms with E-state index in [4.69, 9.17) is 5.11 Å². The fourth-order valence-corrected chi connectivity index (χ4v) is 2.83. The molecule has 0 bridgehead atoms. The van der Waals surface area contributed by atoms with Crippen LogP contribution < -0.4 is 4.90 Å². The highest BCUT2D eigenvalue weighted by molar-refractivity contribution is 5.88. The highest BCUT2D eigenvalue weighted by Gasteiger charge is 2.27. The number of hydrogen-bond acceptors (Lipinski definition) is 3. The average Bonchev–Trinajstić information content (AvgIpc) is 2.98. The highest BCUT2D eigenvalue weighted by atomic mass is 19.1. The summed E-state index contributed by atoms with van der Waals surface area (Å²) in [6.45, 7) is 1.51. The van der Waals surface area contributed by atoms with Gasteiger partial charge < -0.3 is 10.0 Å². The fourth-order valence-electron chi connectivity index (χ4n) is 2.83. The Balaban J connectivity index is 1.84. The quantitative estimate of drug-likeness (QED) is 0.942. The normalized spacial score (nSPS) is 18.0. The Bertz CT molecular complexity index is 661. The van der Waals surface area contributed by atoms with Crippen molar-refractivity contribution in [3.05, 3.63) is 59.7 Å². The minimum Gasteiger partial charge on any atom is -0.478 e. The van der Waals surface area contributed by atoms with Gasteiger partial charge in [0.15, 0.2) is 0 Å². The summed E-state index contributed by atoms with van der Waals surface area (Å²) in [4.78, 5) is 17.2. The molecule has 1 aromatic carbocycles. The number of rotatable bonds is 3. The topological polar surface area (TPSA) is 53.4 Å². The molecule has 1 aliphatic heterocycles. The Morgan fingerprint density at radius 1 is 1.29 bits per heavy atom. The fraction of sp³-hybridized carbons (Fsp3) is 0.250. The first-order valence-corrected chi connectivity index (χ1v) is 6.83. The van der Waals surface area contributed by atoms with Crippen molar-refractivity contribution in [3.63, 3.8) is 0 Å². The molecule has 0 spiro atoms. The monoisotopic (exact) mass is 286 g/mol. The SMILES string of the molecule is O=C(O)c1cccc(C2CCN(c3ccncc3)C2)c1F. The summed E-state index contributed by atoms with van der Waals surface area (Å²) in [5, 5.41) is 9.01. The van der Waals surface area contributed by atoms with Gasteiger partial charge in [0.05, 0.1) is 5.56 Å². The zero-order valence-electron chi connectivity index (χ0n) is 11.4. The second-order valence-electron chi connectivity index (χ2n) is 5.15. The number of benzene rings is 1. The Kier molecular flexibility index (Phi) is 3.56. The Morgan fingerprint density at radius 2 is 2.05 bits per heavy atom. The minimum absolute atomic E-state index is 0.0115. The molecule has 1 fully saturated rings. The molecule has 1 atom stereocenters. The maximum absolute atomic E-state index is 14.3. The number of aromatic carboxylic acids is 1. The van der Waals surface area contributed by atoms with Crippen LogP contribution in [0.4, 0.5) is 10.1 Å². The number of aromatic nitrogens is 1. The van der Waals surface area contributed by atoms with Crippen molar-refractivity contribution in [3.8, 4) is 0 Å². The summed E-state index contributed by atoms with van der Waals surface area (Å²) in [6, 6.07) is 8.44. The van der Waals surface area contributed by atoms with Crippen molar-refractivity contribution in [1.82, 2.24) is 4.98 Å². The molecule has 1 saturated heterocycles. The number of nitrogens with zero attached hydrogens (tertiary/aromatic N) is 2. The molecule has 1 N–H and O–H groups in total. The van der Waals surface area contributed by atoms with Gasteiger partial charge in [-0.3, -0.25) is 4.98 Å². The van der Waals surface area contributed by atoms with Gasteiger partial charge >= 0.3 is 5.97 Å². The van der Waals surface area contributed by atoms with Crippen LogP contribution in [-0.2, 0) is 0 Å². The van der Waals surface area contributed by atoms with Gasteiger partial charge in [-0.2, -0.15) is 0 Å². The van der Waals surface area contributed by atoms with Crippen LogP contribution in [-0.4, -0.2) is 29.1 Å². The van der Waals surface area contributed by atoms with Crippen LogP contribution in [0.1, 0.15) is 28.3 Å². The summed E-state index contributed by atoms with van der Waals surface area (Å²) in [5.74, 6) is -1.82. The number of pyridine rings is 1. The molecule has 1 aromatic heterocycles. The van der Waals surface area contributed by atoms with Gasteiger partial charge in [0.2, 0.25) is 0 Å². The molecular formula is C16H15FN2O2. The molecular weight excluding hydrogens is 271 g/mol. The molecule has 2 heterocycles. The highest BCUT2D eigenvalue weighted by Crippen LogP contribution is 2.32. The Morgan fingerprint density at radius 3 is 2.76 bits per heavy atom. The van der Waals surface area contributed by atoms with Gasteiger partial charge in [0.25, 0.3) is 0 Å². The zero-order chi connectivity index (χ0) is 14.8. The van der Waals surface area contributed by atoms with E-state index in [1.54, 1.807) is 24.5 Å². The number of halogens is 1. The van der Waals surface area contributed by atoms with E-state index in [-0.39, 0.29) is 11.5 Å². The number of carboxylic acid groups (broad SMARTS) is 1. The number of anilines is 1. The lowest BCUT2D eigenvalue weighted by atomic mass is 9.96. The molecule has 1 unspecified atom stereocenters. The Hall–Kier alpha value is -2.43. The maximum atomic E-state index is 14.3. The summed E-state index contributed by atoms with van der Waals surface area (Å²) >= 11 is 0. The summed E-state index contributed by atoms with van der Waals surface area (Å²) in [5.41, 5.74) is 1.30. The molecule has 4 nitrogen and oxygen atoms in total. The predicted molar refractivity (Wildman–Crippen MR) is 77.2 cm³/mol. The van der Waals surface area contributed by atoms with E-state index in [9.17, 15) is 9.18 Å². The van der Waals surface area contributed by atoms with Crippen molar-refractivity contribution < 1.29 is 14.3 Å². The number of carboxylic acids is 1. The van der Waals surface area contributed by atoms with Crippen molar-refractivity contribution in [2.75, 3.05) is 18.0 Å². The first kappa shape index (κ1) is 13.5. The molecule has 0 aliphatic carbocycles. The van der Waals surface area contributed by atoms with Crippen LogP contribution in [0, 0.1) is 5.82 Å². The molecule has 0 amide bonds. The van der Waals surface area contributed by atoms with Gasteiger partial charge in [-0.25, -0.2) is 9.18 Å². The van der Waals surface area contributed by atoms with E-state index < -0.39 is 11.8 Å². The van der Waals surface area contributed by atoms with E-state index in [0.29, 0.717) is 12.1 Å². The van der Waals surface area contributed by atoms with E-state index in [0.717, 1.165) is 18.7 Å². The second kappa shape index (κ2) is 5.52. The maximum Gasteiger partial charge on any atom is 0.338 e. The van der Waals surface area contributed by atoms with E-state index in [1.165, 1.54) is 6.07 Å². The van der Waals surface area contributed by atoms with Gasteiger partial charge in [-0.15, -0.1) is 0 Å². The van der Waals surface area contributed by atoms with Gasteiger partial charge in [0.1, 0.15) is 5.82 Å². The molecule has 0 radical (unpaired) electrons. The van der Waals surface area contributed by atoms with Gasteiger partial charge in [0, 0.05) is 37.1 Å². The van der Waals surface area contributed by atoms with Crippen molar-refractivity contribution >= 4 is 11.7 Å². The zero-order valence-corrected chi connectivity index (χ0v) is 11.4. The summed E-state index contributed by atoms with van der Waals surface area (Å²) < 4.78 is 14.3. The Labute approximate surface area is 121 Å². The molecule has 0 saturated carbocycles. The average molecular weight is 286 g/mol. The van der Waals surface area contributed by atoms with Crippen LogP contribution in [0.25, 0.3) is 0 Å². The number of carbonyl (C=O) groups is 1. The van der Waals surface area contributed by atoms with Crippen molar-refractivity contribution in [2.24, 2.45) is 0 Å². The summed E-state index contributed by atoms with van der Waals surface area (Å²) in [6.07, 6.45) is 4.27. The van der Waals surface area contributed by atoms with Crippen LogP contribution in [0.3, 0.4) is 0 Å². The van der Waals surface area contributed by atoms with Gasteiger partial charge in [-0.05, 0) is 30.2 Å². The van der Waals surface area contributed by atoms with Crippen LogP contribution >= 0.6 is 0 Å². The largest absolute Gasteiger partial charge is 0.478 e. The standard InChI is InChI=1S/C16H15FN2O2/c17-15-13(2-1-3-14(15)16(20)21)11-6-9-19(10-11)12-4-7-18-8-5-12/h1-5,7-8,11H,6,9-10H2,(H,20,21). The lowest BCUT2D eigenvalue weighted by Crippen LogP contribution is -2.19. The van der Waals surface area contributed by atoms with Crippen molar-refractivity contribution in [2.45, 2.75) is 12.3 Å². The predicted octanol–water partition coefficient (Wildman–Crippen LogP) is 2.91. The van der Waals surface area contributed by atoms with Gasteiger partial charge in [-0.1, -0.05) is 12.1 Å². The molecule has 2 aromatic rings. The molecule has 1 aliphatic rings. The first-order chi connectivity index (χ1) is 10.2.